The molecule has 1 amide bonds. The summed E-state index contributed by atoms with van der Waals surface area (Å²) in [5.74, 6) is 1.15. The van der Waals surface area contributed by atoms with Crippen molar-refractivity contribution in [2.45, 2.75) is 101 Å². The SMILES string of the molecule is Cc1cc(-c2nc(C(N)=O)c(Nc3ccc(CN4CCOCC4)cc3)nc2NC2CCOC3(C2)CC3c2cc(Nc3nc(NC4CCOC5(CC5)C4)c(-c4ccnc(C)c4)nc3C(N)O)ccc2N2CCN(C)CC2)ccn1. The van der Waals surface area contributed by atoms with E-state index in [4.69, 9.17) is 45.6 Å². The van der Waals surface area contributed by atoms with E-state index in [1.807, 2.05) is 50.2 Å². The molecule has 408 valence electrons. The third-order valence-corrected chi connectivity index (χ3v) is 16.4. The molecule has 2 aliphatic carbocycles. The lowest BCUT2D eigenvalue weighted by Crippen LogP contribution is -2.45. The highest BCUT2D eigenvalue weighted by atomic mass is 16.5. The van der Waals surface area contributed by atoms with Crippen molar-refractivity contribution in [2.75, 3.05) is 98.9 Å². The number of carbonyl (C=O) groups excluding carboxylic acids is 1. The third kappa shape index (κ3) is 11.3. The molecule has 5 atom stereocenters. The van der Waals surface area contributed by atoms with E-state index in [-0.39, 0.29) is 40.8 Å². The third-order valence-electron chi connectivity index (χ3n) is 16.4. The fraction of sp³-hybridized carbons (Fsp3) is 0.466. The number of likely N-dealkylation sites (N-methyl/N-ethyl adjacent to an activating group) is 1. The minimum absolute atomic E-state index is 0.0372. The molecule has 5 unspecified atom stereocenters. The maximum Gasteiger partial charge on any atom is 0.271 e. The normalized spacial score (nSPS) is 23.4. The number of piperazine rings is 1. The smallest absolute Gasteiger partial charge is 0.271 e. The number of hydrogen-bond acceptors (Lipinski definition) is 19. The van der Waals surface area contributed by atoms with Gasteiger partial charge in [-0.3, -0.25) is 19.7 Å². The van der Waals surface area contributed by atoms with Crippen LogP contribution in [0, 0.1) is 13.8 Å². The van der Waals surface area contributed by atoms with Crippen molar-refractivity contribution in [3.8, 4) is 22.5 Å². The minimum Gasteiger partial charge on any atom is -0.379 e. The summed E-state index contributed by atoms with van der Waals surface area (Å²) in [7, 11) is 2.17. The van der Waals surface area contributed by atoms with Crippen LogP contribution in [0.3, 0.4) is 0 Å². The number of aromatic nitrogens is 6. The van der Waals surface area contributed by atoms with Gasteiger partial charge in [-0.25, -0.2) is 19.9 Å². The molecule has 0 bridgehead atoms. The number of nitrogens with one attached hydrogen (secondary N) is 4. The van der Waals surface area contributed by atoms with Gasteiger partial charge in [0.2, 0.25) is 0 Å². The van der Waals surface area contributed by atoms with E-state index in [9.17, 15) is 9.90 Å². The van der Waals surface area contributed by atoms with Gasteiger partial charge in [0.1, 0.15) is 23.3 Å². The first-order valence-corrected chi connectivity index (χ1v) is 27.6. The molecule has 2 saturated carbocycles. The van der Waals surface area contributed by atoms with Gasteiger partial charge in [0.05, 0.1) is 24.4 Å². The number of hydrogen-bond donors (Lipinski definition) is 7. The Bertz CT molecular complexity index is 3160. The van der Waals surface area contributed by atoms with Crippen molar-refractivity contribution < 1.29 is 24.1 Å². The highest BCUT2D eigenvalue weighted by Crippen LogP contribution is 2.61. The Balaban J connectivity index is 0.845. The number of carbonyl (C=O) groups is 1. The molecule has 78 heavy (non-hydrogen) atoms. The molecule has 0 radical (unpaired) electrons. The molecule has 4 aliphatic heterocycles. The summed E-state index contributed by atoms with van der Waals surface area (Å²) in [6.45, 7) is 12.9. The second kappa shape index (κ2) is 21.7. The van der Waals surface area contributed by atoms with Crippen molar-refractivity contribution >= 4 is 46.2 Å². The lowest BCUT2D eigenvalue weighted by molar-refractivity contribution is -0.0133. The standard InChI is InChI=1S/C58H71N15O5/c1-35-28-38(10-16-61-35)47-53(65-42-12-24-77-57(31-42)14-15-57)70-56(50(68-47)52(60)75)64-41-8-9-46(73-20-18-71(3)19-21-73)44(30-41)45-33-58(45)32-43(13-25-78-58)66-54-48(39-11-17-62-36(2)29-39)67-49(51(59)74)55(69-54)63-40-6-4-37(5-7-40)34-72-22-26-76-27-23-72/h4-11,16-17,28-30,42-43,45,52,75H,12-15,18-27,31-34,60H2,1-3H3,(H2,59,74)(H2,63,66,69)(H2,64,65,70). The van der Waals surface area contributed by atoms with Gasteiger partial charge in [0, 0.05) is 129 Å². The number of pyridine rings is 2. The minimum atomic E-state index is -1.41. The Morgan fingerprint density at radius 1 is 0.718 bits per heavy atom. The Kier molecular flexibility index (Phi) is 14.4. The van der Waals surface area contributed by atoms with Gasteiger partial charge in [0.15, 0.2) is 29.0 Å². The quantitative estimate of drug-likeness (QED) is 0.0494. The van der Waals surface area contributed by atoms with Crippen LogP contribution in [0.5, 0.6) is 0 Å². The van der Waals surface area contributed by atoms with Gasteiger partial charge >= 0.3 is 0 Å². The Labute approximate surface area is 455 Å². The molecule has 6 fully saturated rings. The van der Waals surface area contributed by atoms with Crippen molar-refractivity contribution in [2.24, 2.45) is 11.5 Å². The zero-order valence-corrected chi connectivity index (χ0v) is 44.8. The highest BCUT2D eigenvalue weighted by molar-refractivity contribution is 5.97. The van der Waals surface area contributed by atoms with Crippen LogP contribution in [-0.4, -0.2) is 147 Å². The zero-order chi connectivity index (χ0) is 53.5. The van der Waals surface area contributed by atoms with Gasteiger partial charge in [0.25, 0.3) is 5.91 Å². The zero-order valence-electron chi connectivity index (χ0n) is 44.8. The molecule has 20 nitrogen and oxygen atoms in total. The molecule has 6 aromatic rings. The van der Waals surface area contributed by atoms with Crippen LogP contribution in [0.2, 0.25) is 0 Å². The van der Waals surface area contributed by atoms with Crippen LogP contribution in [0.1, 0.15) is 95.8 Å². The van der Waals surface area contributed by atoms with Gasteiger partial charge in [-0.1, -0.05) is 12.1 Å². The number of ether oxygens (including phenoxy) is 3. The number of rotatable bonds is 16. The summed E-state index contributed by atoms with van der Waals surface area (Å²) in [4.78, 5) is 49.7. The number of nitrogens with zero attached hydrogens (tertiary/aromatic N) is 9. The Morgan fingerprint density at radius 3 is 2.00 bits per heavy atom. The van der Waals surface area contributed by atoms with Gasteiger partial charge < -0.3 is 61.9 Å². The molecular formula is C58H71N15O5. The first kappa shape index (κ1) is 51.8. The van der Waals surface area contributed by atoms with Crippen LogP contribution in [0.25, 0.3) is 22.5 Å². The van der Waals surface area contributed by atoms with E-state index in [2.05, 4.69) is 83.3 Å². The van der Waals surface area contributed by atoms with E-state index < -0.39 is 17.7 Å². The number of primary amides is 1. The summed E-state index contributed by atoms with van der Waals surface area (Å²) < 4.78 is 18.6. The van der Waals surface area contributed by atoms with E-state index >= 15 is 0 Å². The number of nitrogens with two attached hydrogens (primary N) is 2. The molecule has 4 saturated heterocycles. The summed E-state index contributed by atoms with van der Waals surface area (Å²) >= 11 is 0. The number of benzene rings is 2. The van der Waals surface area contributed by atoms with Crippen molar-refractivity contribution in [1.29, 1.82) is 0 Å². The number of anilines is 7. The molecular weight excluding hydrogens is 987 g/mol. The predicted molar refractivity (Wildman–Crippen MR) is 300 cm³/mol. The fourth-order valence-electron chi connectivity index (χ4n) is 11.9. The largest absolute Gasteiger partial charge is 0.379 e. The van der Waals surface area contributed by atoms with Crippen LogP contribution in [-0.2, 0) is 20.8 Å². The monoisotopic (exact) mass is 1060 g/mol. The number of aliphatic hydroxyl groups excluding tert-OH is 1. The van der Waals surface area contributed by atoms with Crippen LogP contribution < -0.4 is 37.6 Å². The number of morpholine rings is 1. The summed E-state index contributed by atoms with van der Waals surface area (Å²) in [6.07, 6.45) is 8.19. The number of amides is 1. The maximum atomic E-state index is 13.2. The van der Waals surface area contributed by atoms with Gasteiger partial charge in [-0.2, -0.15) is 0 Å². The summed E-state index contributed by atoms with van der Waals surface area (Å²) in [5, 5.41) is 25.7. The topological polar surface area (TPSA) is 252 Å². The number of aryl methyl sites for hydroxylation is 2. The van der Waals surface area contributed by atoms with Crippen LogP contribution in [0.15, 0.2) is 79.1 Å². The fourth-order valence-corrected chi connectivity index (χ4v) is 11.9. The molecule has 20 heteroatoms. The lowest BCUT2D eigenvalue weighted by Gasteiger charge is -2.36. The Morgan fingerprint density at radius 2 is 1.35 bits per heavy atom. The molecule has 2 aromatic carbocycles. The molecule has 2 spiro atoms. The van der Waals surface area contributed by atoms with Crippen molar-refractivity contribution in [3.05, 3.63) is 113 Å². The highest BCUT2D eigenvalue weighted by Gasteiger charge is 2.59. The molecule has 8 heterocycles. The van der Waals surface area contributed by atoms with Crippen molar-refractivity contribution in [1.82, 2.24) is 39.7 Å². The Hall–Kier alpha value is -6.91. The predicted octanol–water partition coefficient (Wildman–Crippen LogP) is 6.77. The second-order valence-electron chi connectivity index (χ2n) is 22.2. The van der Waals surface area contributed by atoms with Gasteiger partial charge in [-0.05, 0) is 132 Å². The first-order valence-electron chi connectivity index (χ1n) is 27.6. The summed E-state index contributed by atoms with van der Waals surface area (Å²) in [5.41, 5.74) is 21.6. The number of aliphatic hydroxyl groups is 1. The van der Waals surface area contributed by atoms with E-state index in [1.54, 1.807) is 12.4 Å². The van der Waals surface area contributed by atoms with Gasteiger partial charge in [-0.15, -0.1) is 0 Å². The first-order chi connectivity index (χ1) is 37.8. The average molecular weight is 1060 g/mol. The molecule has 4 aromatic heterocycles. The molecule has 9 N–H and O–H groups in total. The average Bonchev–Trinajstić information content (AvgIpc) is 4.38. The lowest BCUT2D eigenvalue weighted by atomic mass is 9.95. The van der Waals surface area contributed by atoms with E-state index in [1.165, 1.54) is 16.8 Å². The molecule has 6 aliphatic rings. The van der Waals surface area contributed by atoms with E-state index in [0.717, 1.165) is 131 Å². The van der Waals surface area contributed by atoms with E-state index in [0.29, 0.717) is 48.5 Å². The van der Waals surface area contributed by atoms with Crippen LogP contribution in [0.4, 0.5) is 40.3 Å². The molecule has 12 rings (SSSR count). The maximum absolute atomic E-state index is 13.2. The van der Waals surface area contributed by atoms with Crippen LogP contribution >= 0.6 is 0 Å². The van der Waals surface area contributed by atoms with Crippen molar-refractivity contribution in [3.63, 3.8) is 0 Å². The summed E-state index contributed by atoms with van der Waals surface area (Å²) in [6, 6.07) is 22.4. The second-order valence-corrected chi connectivity index (χ2v) is 22.2.